The van der Waals surface area contributed by atoms with Crippen LogP contribution in [0.15, 0.2) is 4.99 Å². The lowest BCUT2D eigenvalue weighted by atomic mass is 9.81. The second kappa shape index (κ2) is 5.58. The highest BCUT2D eigenvalue weighted by Crippen LogP contribution is 2.29. The number of nitrogens with two attached hydrogens (primary N) is 2. The van der Waals surface area contributed by atoms with Crippen molar-refractivity contribution in [3.8, 4) is 0 Å². The summed E-state index contributed by atoms with van der Waals surface area (Å²) in [4.78, 5) is 15.3. The highest BCUT2D eigenvalue weighted by atomic mass is 16.5. The number of esters is 1. The van der Waals surface area contributed by atoms with Crippen LogP contribution < -0.4 is 11.5 Å². The average Bonchev–Trinajstić information content (AvgIpc) is 2.25. The summed E-state index contributed by atoms with van der Waals surface area (Å²) in [6.45, 7) is 0.621. The van der Waals surface area contributed by atoms with Crippen LogP contribution in [-0.4, -0.2) is 25.6 Å². The maximum Gasteiger partial charge on any atom is 0.308 e. The van der Waals surface area contributed by atoms with E-state index < -0.39 is 0 Å². The monoisotopic (exact) mass is 213 g/mol. The van der Waals surface area contributed by atoms with Gasteiger partial charge in [-0.25, -0.2) is 0 Å². The molecule has 5 nitrogen and oxygen atoms in total. The van der Waals surface area contributed by atoms with E-state index in [1.54, 1.807) is 0 Å². The van der Waals surface area contributed by atoms with Crippen molar-refractivity contribution in [3.05, 3.63) is 0 Å². The van der Waals surface area contributed by atoms with Crippen molar-refractivity contribution in [2.75, 3.05) is 13.7 Å². The lowest BCUT2D eigenvalue weighted by Crippen LogP contribution is -2.27. The van der Waals surface area contributed by atoms with Crippen LogP contribution in [0.5, 0.6) is 0 Å². The number of rotatable bonds is 3. The molecule has 1 aliphatic carbocycles. The standard InChI is InChI=1S/C10H19N3O2/c1-15-9(14)8-4-2-3-7(5-8)6-13-10(11)12/h7-8H,2-6H2,1H3,(H4,11,12,13). The van der Waals surface area contributed by atoms with E-state index >= 15 is 0 Å². The van der Waals surface area contributed by atoms with E-state index in [1.165, 1.54) is 7.11 Å². The van der Waals surface area contributed by atoms with Gasteiger partial charge in [0.1, 0.15) is 0 Å². The van der Waals surface area contributed by atoms with Crippen molar-refractivity contribution in [2.45, 2.75) is 25.7 Å². The first-order valence-corrected chi connectivity index (χ1v) is 5.26. The fourth-order valence-electron chi connectivity index (χ4n) is 2.07. The van der Waals surface area contributed by atoms with Crippen molar-refractivity contribution < 1.29 is 9.53 Å². The van der Waals surface area contributed by atoms with Crippen LogP contribution in [-0.2, 0) is 9.53 Å². The quantitative estimate of drug-likeness (QED) is 0.399. The Hall–Kier alpha value is -1.26. The number of hydrogen-bond acceptors (Lipinski definition) is 3. The van der Waals surface area contributed by atoms with Crippen molar-refractivity contribution >= 4 is 11.9 Å². The molecule has 1 saturated carbocycles. The van der Waals surface area contributed by atoms with E-state index in [4.69, 9.17) is 16.2 Å². The first-order chi connectivity index (χ1) is 7.13. The second-order valence-corrected chi connectivity index (χ2v) is 4.02. The molecule has 0 spiro atoms. The molecule has 15 heavy (non-hydrogen) atoms. The first kappa shape index (κ1) is 11.8. The predicted molar refractivity (Wildman–Crippen MR) is 58.1 cm³/mol. The topological polar surface area (TPSA) is 90.7 Å². The average molecular weight is 213 g/mol. The number of methoxy groups -OCH3 is 1. The molecule has 0 saturated heterocycles. The van der Waals surface area contributed by atoms with Crippen LogP contribution in [0.2, 0.25) is 0 Å². The van der Waals surface area contributed by atoms with Gasteiger partial charge in [-0.3, -0.25) is 9.79 Å². The minimum Gasteiger partial charge on any atom is -0.469 e. The fourth-order valence-corrected chi connectivity index (χ4v) is 2.07. The third-order valence-corrected chi connectivity index (χ3v) is 2.85. The first-order valence-electron chi connectivity index (χ1n) is 5.26. The third kappa shape index (κ3) is 3.77. The number of carbonyl (C=O) groups is 1. The molecule has 2 unspecified atom stereocenters. The van der Waals surface area contributed by atoms with Gasteiger partial charge in [0.05, 0.1) is 13.0 Å². The number of aliphatic imine (C=N–C) groups is 1. The predicted octanol–water partition coefficient (Wildman–Crippen LogP) is 0.239. The molecule has 0 radical (unpaired) electrons. The third-order valence-electron chi connectivity index (χ3n) is 2.85. The molecule has 1 aliphatic rings. The number of guanidine groups is 1. The summed E-state index contributed by atoms with van der Waals surface area (Å²) in [5.41, 5.74) is 10.5. The Morgan fingerprint density at radius 1 is 1.47 bits per heavy atom. The van der Waals surface area contributed by atoms with Gasteiger partial charge in [0, 0.05) is 6.54 Å². The van der Waals surface area contributed by atoms with Gasteiger partial charge in [0.2, 0.25) is 0 Å². The molecule has 5 heteroatoms. The molecule has 0 aromatic rings. The van der Waals surface area contributed by atoms with Crippen LogP contribution >= 0.6 is 0 Å². The van der Waals surface area contributed by atoms with Gasteiger partial charge < -0.3 is 16.2 Å². The van der Waals surface area contributed by atoms with Gasteiger partial charge in [-0.15, -0.1) is 0 Å². The molecular formula is C10H19N3O2. The Balaban J connectivity index is 2.42. The van der Waals surface area contributed by atoms with Crippen molar-refractivity contribution in [2.24, 2.45) is 28.3 Å². The maximum absolute atomic E-state index is 11.3. The highest BCUT2D eigenvalue weighted by Gasteiger charge is 2.27. The zero-order chi connectivity index (χ0) is 11.3. The Bertz CT molecular complexity index is 249. The Morgan fingerprint density at radius 2 is 2.20 bits per heavy atom. The van der Waals surface area contributed by atoms with Crippen molar-refractivity contribution in [1.29, 1.82) is 0 Å². The zero-order valence-electron chi connectivity index (χ0n) is 9.11. The van der Waals surface area contributed by atoms with Crippen LogP contribution in [0.1, 0.15) is 25.7 Å². The lowest BCUT2D eigenvalue weighted by Gasteiger charge is -2.26. The van der Waals surface area contributed by atoms with Crippen molar-refractivity contribution in [1.82, 2.24) is 0 Å². The number of carbonyl (C=O) groups excluding carboxylic acids is 1. The Kier molecular flexibility index (Phi) is 4.39. The van der Waals surface area contributed by atoms with E-state index in [0.717, 1.165) is 25.7 Å². The molecule has 1 rings (SSSR count). The molecule has 86 valence electrons. The van der Waals surface area contributed by atoms with E-state index in [-0.39, 0.29) is 17.8 Å². The molecule has 0 heterocycles. The van der Waals surface area contributed by atoms with Gasteiger partial charge in [-0.05, 0) is 25.2 Å². The Morgan fingerprint density at radius 3 is 2.80 bits per heavy atom. The van der Waals surface area contributed by atoms with E-state index in [9.17, 15) is 4.79 Å². The maximum atomic E-state index is 11.3. The van der Waals surface area contributed by atoms with Crippen LogP contribution in [0.4, 0.5) is 0 Å². The lowest BCUT2D eigenvalue weighted by molar-refractivity contribution is -0.147. The van der Waals surface area contributed by atoms with Crippen LogP contribution in [0.25, 0.3) is 0 Å². The molecule has 0 aromatic heterocycles. The second-order valence-electron chi connectivity index (χ2n) is 4.02. The smallest absolute Gasteiger partial charge is 0.308 e. The fraction of sp³-hybridized carbons (Fsp3) is 0.800. The van der Waals surface area contributed by atoms with E-state index in [1.807, 2.05) is 0 Å². The summed E-state index contributed by atoms with van der Waals surface area (Å²) in [5.74, 6) is 0.451. The molecule has 0 amide bonds. The Labute approximate surface area is 89.9 Å². The van der Waals surface area contributed by atoms with Crippen LogP contribution in [0, 0.1) is 11.8 Å². The number of ether oxygens (including phenoxy) is 1. The summed E-state index contributed by atoms with van der Waals surface area (Å²) in [6, 6.07) is 0. The molecule has 0 aromatic carbocycles. The SMILES string of the molecule is COC(=O)C1CCCC(CN=C(N)N)C1. The summed E-state index contributed by atoms with van der Waals surface area (Å²) < 4.78 is 4.74. The molecule has 0 aliphatic heterocycles. The number of nitrogens with zero attached hydrogens (tertiary/aromatic N) is 1. The minimum absolute atomic E-state index is 0.0305. The summed E-state index contributed by atoms with van der Waals surface area (Å²) in [7, 11) is 1.43. The van der Waals surface area contributed by atoms with Gasteiger partial charge in [-0.1, -0.05) is 6.42 Å². The summed E-state index contributed by atoms with van der Waals surface area (Å²) >= 11 is 0. The van der Waals surface area contributed by atoms with E-state index in [0.29, 0.717) is 12.5 Å². The molecule has 1 fully saturated rings. The van der Waals surface area contributed by atoms with Gasteiger partial charge in [0.25, 0.3) is 0 Å². The highest BCUT2D eigenvalue weighted by molar-refractivity contribution is 5.75. The molecule has 0 bridgehead atoms. The normalized spacial score (nSPS) is 25.7. The van der Waals surface area contributed by atoms with E-state index in [2.05, 4.69) is 4.99 Å². The number of hydrogen-bond donors (Lipinski definition) is 2. The molecule has 2 atom stereocenters. The van der Waals surface area contributed by atoms with Gasteiger partial charge in [0.15, 0.2) is 5.96 Å². The summed E-state index contributed by atoms with van der Waals surface area (Å²) in [6.07, 6.45) is 3.89. The largest absolute Gasteiger partial charge is 0.469 e. The molecular weight excluding hydrogens is 194 g/mol. The van der Waals surface area contributed by atoms with Gasteiger partial charge >= 0.3 is 5.97 Å². The van der Waals surface area contributed by atoms with Gasteiger partial charge in [-0.2, -0.15) is 0 Å². The molecule has 4 N–H and O–H groups in total. The minimum atomic E-state index is -0.107. The van der Waals surface area contributed by atoms with Crippen LogP contribution in [0.3, 0.4) is 0 Å². The zero-order valence-corrected chi connectivity index (χ0v) is 9.11. The summed E-state index contributed by atoms with van der Waals surface area (Å²) in [5, 5.41) is 0. The van der Waals surface area contributed by atoms with Crippen molar-refractivity contribution in [3.63, 3.8) is 0 Å².